The fraction of sp³-hybridized carbons (Fsp3) is 0.500. The molecule has 1 aromatic heterocycles. The maximum absolute atomic E-state index is 12.0. The summed E-state index contributed by atoms with van der Waals surface area (Å²) in [7, 11) is 0. The van der Waals surface area contributed by atoms with Gasteiger partial charge in [-0.2, -0.15) is 4.73 Å². The molecule has 1 aromatic rings. The number of pyridine rings is 1. The van der Waals surface area contributed by atoms with E-state index in [1.54, 1.807) is 18.2 Å². The number of carbonyl (C=O) groups excluding carboxylic acids is 1. The Morgan fingerprint density at radius 2 is 2.33 bits per heavy atom. The van der Waals surface area contributed by atoms with Gasteiger partial charge in [0.05, 0.1) is 5.25 Å². The number of aromatic nitrogens is 1. The largest absolute Gasteiger partial charge is 0.618 e. The van der Waals surface area contributed by atoms with Crippen molar-refractivity contribution in [1.82, 2.24) is 5.32 Å². The van der Waals surface area contributed by atoms with Crippen LogP contribution < -0.4 is 10.0 Å². The van der Waals surface area contributed by atoms with Crippen molar-refractivity contribution in [1.29, 1.82) is 0 Å². The topological polar surface area (TPSA) is 56.0 Å². The molecular weight excluding hydrogens is 284 g/mol. The van der Waals surface area contributed by atoms with Gasteiger partial charge >= 0.3 is 0 Å². The molecule has 0 saturated carbocycles. The van der Waals surface area contributed by atoms with E-state index >= 15 is 0 Å². The van der Waals surface area contributed by atoms with Crippen LogP contribution in [0.1, 0.15) is 39.0 Å². The van der Waals surface area contributed by atoms with Gasteiger partial charge in [0.1, 0.15) is 0 Å². The molecule has 21 heavy (non-hydrogen) atoms. The minimum absolute atomic E-state index is 0.0136. The van der Waals surface area contributed by atoms with Crippen LogP contribution in [0.2, 0.25) is 0 Å². The highest BCUT2D eigenvalue weighted by Gasteiger charge is 2.18. The van der Waals surface area contributed by atoms with Crippen LogP contribution in [0.5, 0.6) is 0 Å². The van der Waals surface area contributed by atoms with Gasteiger partial charge in [-0.25, -0.2) is 0 Å². The van der Waals surface area contributed by atoms with Gasteiger partial charge in [-0.15, -0.1) is 0 Å². The van der Waals surface area contributed by atoms with Gasteiger partial charge in [0.15, 0.2) is 6.20 Å². The fourth-order valence-electron chi connectivity index (χ4n) is 2.36. The Morgan fingerprint density at radius 3 is 3.05 bits per heavy atom. The number of nitrogens with one attached hydrogen (secondary N) is 1. The van der Waals surface area contributed by atoms with Gasteiger partial charge in [-0.05, 0) is 56.9 Å². The van der Waals surface area contributed by atoms with E-state index in [9.17, 15) is 10.0 Å². The van der Waals surface area contributed by atoms with Crippen molar-refractivity contribution < 1.29 is 9.52 Å². The number of allylic oxidation sites excluding steroid dienone is 1. The molecule has 1 aliphatic rings. The Hall–Kier alpha value is -1.49. The molecule has 1 N–H and O–H groups in total. The Balaban J connectivity index is 1.75. The summed E-state index contributed by atoms with van der Waals surface area (Å²) >= 11 is 1.29. The van der Waals surface area contributed by atoms with Crippen LogP contribution in [0.15, 0.2) is 41.1 Å². The molecular formula is C16H22N2O2S. The summed E-state index contributed by atoms with van der Waals surface area (Å²) in [4.78, 5) is 12.0. The van der Waals surface area contributed by atoms with Crippen molar-refractivity contribution in [3.63, 3.8) is 0 Å². The molecule has 114 valence electrons. The SMILES string of the molecule is CC(Sc1cccc[n+]1[O-])C(=O)NCCC1=CCCCC1. The van der Waals surface area contributed by atoms with E-state index < -0.39 is 0 Å². The van der Waals surface area contributed by atoms with Crippen LogP contribution >= 0.6 is 11.8 Å². The average molecular weight is 306 g/mol. The quantitative estimate of drug-likeness (QED) is 0.380. The molecule has 2 rings (SSSR count). The second-order valence-corrected chi connectivity index (χ2v) is 6.64. The maximum atomic E-state index is 12.0. The minimum Gasteiger partial charge on any atom is -0.618 e. The summed E-state index contributed by atoms with van der Waals surface area (Å²) < 4.78 is 0.793. The first-order valence-electron chi connectivity index (χ1n) is 7.47. The molecule has 1 atom stereocenters. The lowest BCUT2D eigenvalue weighted by molar-refractivity contribution is -0.645. The second kappa shape index (κ2) is 8.08. The van der Waals surface area contributed by atoms with Crippen LogP contribution in [0.3, 0.4) is 0 Å². The molecule has 0 bridgehead atoms. The molecule has 0 aromatic carbocycles. The van der Waals surface area contributed by atoms with Crippen LogP contribution in [0.4, 0.5) is 0 Å². The van der Waals surface area contributed by atoms with Crippen LogP contribution in [-0.4, -0.2) is 17.7 Å². The first-order valence-corrected chi connectivity index (χ1v) is 8.35. The van der Waals surface area contributed by atoms with E-state index in [0.717, 1.165) is 11.2 Å². The van der Waals surface area contributed by atoms with Gasteiger partial charge in [0.2, 0.25) is 5.91 Å². The van der Waals surface area contributed by atoms with Gasteiger partial charge in [-0.1, -0.05) is 11.6 Å². The first kappa shape index (κ1) is 15.9. The maximum Gasteiger partial charge on any atom is 0.252 e. The van der Waals surface area contributed by atoms with E-state index in [4.69, 9.17) is 0 Å². The van der Waals surface area contributed by atoms with Crippen molar-refractivity contribution >= 4 is 17.7 Å². The number of carbonyl (C=O) groups is 1. The lowest BCUT2D eigenvalue weighted by atomic mass is 9.97. The van der Waals surface area contributed by atoms with Crippen molar-refractivity contribution in [2.45, 2.75) is 49.3 Å². The van der Waals surface area contributed by atoms with Crippen LogP contribution in [0, 0.1) is 5.21 Å². The predicted molar refractivity (Wildman–Crippen MR) is 84.9 cm³/mol. The lowest BCUT2D eigenvalue weighted by Crippen LogP contribution is -2.34. The van der Waals surface area contributed by atoms with Gasteiger partial charge in [0.25, 0.3) is 5.03 Å². The molecule has 0 saturated heterocycles. The predicted octanol–water partition coefficient (Wildman–Crippen LogP) is 2.81. The molecule has 0 radical (unpaired) electrons. The third-order valence-electron chi connectivity index (χ3n) is 3.59. The summed E-state index contributed by atoms with van der Waals surface area (Å²) in [5.74, 6) is -0.0136. The van der Waals surface area contributed by atoms with Crippen molar-refractivity contribution in [2.24, 2.45) is 0 Å². The minimum atomic E-state index is -0.270. The normalized spacial score (nSPS) is 16.1. The highest BCUT2D eigenvalue weighted by atomic mass is 32.2. The Kier molecular flexibility index (Phi) is 6.11. The molecule has 1 heterocycles. The Bertz CT molecular complexity index is 517. The standard InChI is InChI=1S/C16H22N2O2S/c1-13(21-15-9-5-6-12-18(15)20)16(19)17-11-10-14-7-3-2-4-8-14/h5-7,9,12-13H,2-4,8,10-11H2,1H3,(H,17,19). The number of hydrogen-bond acceptors (Lipinski definition) is 3. The fourth-order valence-corrected chi connectivity index (χ4v) is 3.23. The Labute approximate surface area is 130 Å². The molecule has 0 aliphatic heterocycles. The van der Waals surface area contributed by atoms with Gasteiger partial charge in [-0.3, -0.25) is 4.79 Å². The molecule has 0 fully saturated rings. The van der Waals surface area contributed by atoms with Crippen molar-refractivity contribution in [3.05, 3.63) is 41.3 Å². The van der Waals surface area contributed by atoms with Crippen LogP contribution in [-0.2, 0) is 4.79 Å². The van der Waals surface area contributed by atoms with E-state index in [-0.39, 0.29) is 11.2 Å². The molecule has 1 amide bonds. The zero-order valence-electron chi connectivity index (χ0n) is 12.4. The summed E-state index contributed by atoms with van der Waals surface area (Å²) in [6.07, 6.45) is 9.59. The Morgan fingerprint density at radius 1 is 1.48 bits per heavy atom. The van der Waals surface area contributed by atoms with Crippen LogP contribution in [0.25, 0.3) is 0 Å². The number of amides is 1. The lowest BCUT2D eigenvalue weighted by Gasteiger charge is -2.14. The van der Waals surface area contributed by atoms with E-state index in [1.165, 1.54) is 49.2 Å². The number of hydrogen-bond donors (Lipinski definition) is 1. The summed E-state index contributed by atoms with van der Waals surface area (Å²) in [5, 5.41) is 14.8. The molecule has 5 heteroatoms. The van der Waals surface area contributed by atoms with E-state index in [0.29, 0.717) is 11.6 Å². The number of thioether (sulfide) groups is 1. The molecule has 1 aliphatic carbocycles. The number of nitrogens with zero attached hydrogens (tertiary/aromatic N) is 1. The van der Waals surface area contributed by atoms with Crippen molar-refractivity contribution in [2.75, 3.05) is 6.54 Å². The van der Waals surface area contributed by atoms with E-state index in [2.05, 4.69) is 11.4 Å². The molecule has 0 spiro atoms. The zero-order chi connectivity index (χ0) is 15.1. The average Bonchev–Trinajstić information content (AvgIpc) is 2.50. The van der Waals surface area contributed by atoms with Gasteiger partial charge in [0, 0.05) is 18.7 Å². The number of rotatable bonds is 6. The van der Waals surface area contributed by atoms with Gasteiger partial charge < -0.3 is 10.5 Å². The third-order valence-corrected chi connectivity index (χ3v) is 4.71. The summed E-state index contributed by atoms with van der Waals surface area (Å²) in [6, 6.07) is 5.21. The molecule has 1 unspecified atom stereocenters. The first-order chi connectivity index (χ1) is 10.2. The summed E-state index contributed by atoms with van der Waals surface area (Å²) in [5.41, 5.74) is 1.46. The van der Waals surface area contributed by atoms with E-state index in [1.807, 2.05) is 6.92 Å². The molecule has 4 nitrogen and oxygen atoms in total. The zero-order valence-corrected chi connectivity index (χ0v) is 13.2. The smallest absolute Gasteiger partial charge is 0.252 e. The summed E-state index contributed by atoms with van der Waals surface area (Å²) in [6.45, 7) is 2.51. The monoisotopic (exact) mass is 306 g/mol. The highest BCUT2D eigenvalue weighted by molar-refractivity contribution is 8.00. The highest BCUT2D eigenvalue weighted by Crippen LogP contribution is 2.21. The second-order valence-electron chi connectivity index (χ2n) is 5.27. The van der Waals surface area contributed by atoms with Crippen molar-refractivity contribution in [3.8, 4) is 0 Å². The third kappa shape index (κ3) is 5.08.